The minimum absolute atomic E-state index is 0.324. The van der Waals surface area contributed by atoms with Gasteiger partial charge in [0.25, 0.3) is 0 Å². The fraction of sp³-hybridized carbons (Fsp3) is 1.00. The number of hydrogen-bond donors (Lipinski definition) is 0. The zero-order valence-corrected chi connectivity index (χ0v) is 12.9. The molecule has 0 saturated carbocycles. The molecule has 0 spiro atoms. The van der Waals surface area contributed by atoms with Crippen LogP contribution in [0.15, 0.2) is 0 Å². The van der Waals surface area contributed by atoms with E-state index in [-0.39, 0.29) is 0 Å². The minimum Gasteiger partial charge on any atom is -0.129 e. The molecule has 0 bridgehead atoms. The third kappa shape index (κ3) is 5.09. The van der Waals surface area contributed by atoms with Crippen LogP contribution in [0.3, 0.4) is 0 Å². The molecule has 5 heteroatoms. The first-order chi connectivity index (χ1) is 3.12. The Morgan fingerprint density at radius 1 is 1.57 bits per heavy atom. The Balaban J connectivity index is 3.36. The normalized spacial score (nSPS) is 13.7. The molecule has 0 aromatic carbocycles. The predicted molar refractivity (Wildman–Crippen MR) is 66.8 cm³/mol. The van der Waals surface area contributed by atoms with Crippen LogP contribution in [0.1, 0.15) is 6.92 Å². The van der Waals surface area contributed by atoms with E-state index in [0.717, 1.165) is 0 Å². The molecule has 7 heavy (non-hydrogen) atoms. The van der Waals surface area contributed by atoms with Crippen LogP contribution in [0, 0.1) is 0 Å². The highest BCUT2D eigenvalue weighted by molar-refractivity contribution is 14.3. The predicted octanol–water partition coefficient (Wildman–Crippen LogP) is 2.33. The Kier molecular flexibility index (Phi) is 6.11. The summed E-state index contributed by atoms with van der Waals surface area (Å²) in [6.45, 7) is 2.64. The quantitative estimate of drug-likeness (QED) is 0.332. The molecular formula is C2H7I3Si2. The van der Waals surface area contributed by atoms with Gasteiger partial charge in [0, 0.05) is 0 Å². The van der Waals surface area contributed by atoms with Crippen LogP contribution in [0.2, 0.25) is 6.04 Å². The second kappa shape index (κ2) is 4.44. The summed E-state index contributed by atoms with van der Waals surface area (Å²) in [5, 5.41) is 0. The van der Waals surface area contributed by atoms with Crippen LogP contribution in [0.4, 0.5) is 0 Å². The lowest BCUT2D eigenvalue weighted by molar-refractivity contribution is 1.47. The van der Waals surface area contributed by atoms with Crippen molar-refractivity contribution in [2.45, 2.75) is 13.0 Å². The molecule has 0 saturated heterocycles. The van der Waals surface area contributed by atoms with Gasteiger partial charge in [0.15, 0.2) is 2.58 Å². The van der Waals surface area contributed by atoms with Crippen molar-refractivity contribution in [1.82, 2.24) is 0 Å². The monoisotopic (exact) mass is 468 g/mol. The van der Waals surface area contributed by atoms with E-state index in [9.17, 15) is 0 Å². The minimum atomic E-state index is -0.586. The van der Waals surface area contributed by atoms with Gasteiger partial charge >= 0.3 is 0 Å². The highest BCUT2D eigenvalue weighted by Crippen LogP contribution is 2.25. The zero-order valence-electron chi connectivity index (χ0n) is 4.05. The van der Waals surface area contributed by atoms with Gasteiger partial charge in [0.2, 0.25) is 0 Å². The van der Waals surface area contributed by atoms with E-state index in [1.807, 2.05) is 0 Å². The maximum absolute atomic E-state index is 2.68. The SMILES string of the molecule is CC[Si](I)(I)[SiH2]I. The summed E-state index contributed by atoms with van der Waals surface area (Å²) in [7, 11) is 0. The number of halogens is 3. The number of hydrogen-bond acceptors (Lipinski definition) is 0. The Labute approximate surface area is 85.9 Å². The highest BCUT2D eigenvalue weighted by Gasteiger charge is 2.21. The fourth-order valence-electron chi connectivity index (χ4n) is 0.0945. The van der Waals surface area contributed by atoms with Gasteiger partial charge in [0.05, 0.1) is 0 Å². The molecule has 0 fully saturated rings. The molecular weight excluding hydrogens is 461 g/mol. The van der Waals surface area contributed by atoms with Crippen molar-refractivity contribution >= 4 is 74.5 Å². The van der Waals surface area contributed by atoms with Gasteiger partial charge < -0.3 is 0 Å². The van der Waals surface area contributed by atoms with E-state index in [4.69, 9.17) is 0 Å². The summed E-state index contributed by atoms with van der Waals surface area (Å²) in [6.07, 6.45) is 0. The van der Waals surface area contributed by atoms with E-state index in [0.29, 0.717) is 6.53 Å². The van der Waals surface area contributed by atoms with E-state index >= 15 is 0 Å². The van der Waals surface area contributed by atoms with Crippen LogP contribution < -0.4 is 0 Å². The van der Waals surface area contributed by atoms with Crippen molar-refractivity contribution in [3.05, 3.63) is 0 Å². The highest BCUT2D eigenvalue weighted by atomic mass is 127. The smallest absolute Gasteiger partial charge is 0.129 e. The van der Waals surface area contributed by atoms with Crippen molar-refractivity contribution in [2.75, 3.05) is 0 Å². The van der Waals surface area contributed by atoms with Crippen molar-refractivity contribution < 1.29 is 0 Å². The molecule has 0 aliphatic heterocycles. The summed E-state index contributed by atoms with van der Waals surface area (Å²) in [5.74, 6) is 0. The van der Waals surface area contributed by atoms with Gasteiger partial charge in [-0.15, -0.1) is 65.4 Å². The molecule has 0 radical (unpaired) electrons. The molecule has 44 valence electrons. The van der Waals surface area contributed by atoms with Crippen LogP contribution in [-0.4, -0.2) is 9.12 Å². The first-order valence-electron chi connectivity index (χ1n) is 2.06. The van der Waals surface area contributed by atoms with E-state index in [1.165, 1.54) is 6.04 Å². The maximum atomic E-state index is 2.68. The molecule has 0 N–H and O–H groups in total. The van der Waals surface area contributed by atoms with E-state index in [1.54, 1.807) is 0 Å². The Hall–Kier alpha value is 2.62. The van der Waals surface area contributed by atoms with Crippen LogP contribution in [0.25, 0.3) is 0 Å². The average Bonchev–Trinajstić information content (AvgIpc) is 1.68. The molecule has 0 atom stereocenters. The lowest BCUT2D eigenvalue weighted by atomic mass is 11.0. The van der Waals surface area contributed by atoms with E-state index < -0.39 is 2.58 Å². The molecule has 0 aliphatic carbocycles. The van der Waals surface area contributed by atoms with Crippen molar-refractivity contribution in [1.29, 1.82) is 0 Å². The largest absolute Gasteiger partial charge is 0.186 e. The van der Waals surface area contributed by atoms with Crippen LogP contribution >= 0.6 is 65.4 Å². The van der Waals surface area contributed by atoms with Gasteiger partial charge in [-0.25, -0.2) is 0 Å². The summed E-state index contributed by atoms with van der Waals surface area (Å²) in [5.41, 5.74) is 0. The Morgan fingerprint density at radius 3 is 2.00 bits per heavy atom. The molecule has 0 amide bonds. The third-order valence-corrected chi connectivity index (χ3v) is 54.2. The topological polar surface area (TPSA) is 0 Å². The standard InChI is InChI=1S/C2H7I3Si2/c1-2-7(4,5)6-3/h2,6H2,1H3. The van der Waals surface area contributed by atoms with Gasteiger partial charge in [-0.3, -0.25) is 0 Å². The van der Waals surface area contributed by atoms with Gasteiger partial charge in [-0.2, -0.15) is 0 Å². The lowest BCUT2D eigenvalue weighted by Crippen LogP contribution is -2.20. The zero-order chi connectivity index (χ0) is 5.91. The second-order valence-electron chi connectivity index (χ2n) is 1.34. The van der Waals surface area contributed by atoms with Crippen LogP contribution in [-0.2, 0) is 0 Å². The summed E-state index contributed by atoms with van der Waals surface area (Å²) in [4.78, 5) is 0. The molecule has 0 heterocycles. The van der Waals surface area contributed by atoms with Crippen molar-refractivity contribution in [3.8, 4) is 0 Å². The maximum Gasteiger partial charge on any atom is 0.186 e. The molecule has 0 aromatic rings. The molecule has 0 nitrogen and oxygen atoms in total. The molecule has 0 unspecified atom stereocenters. The molecule has 0 aromatic heterocycles. The molecule has 0 rings (SSSR count). The average molecular weight is 468 g/mol. The summed E-state index contributed by atoms with van der Waals surface area (Å²) >= 11 is 7.98. The van der Waals surface area contributed by atoms with Crippen molar-refractivity contribution in [3.63, 3.8) is 0 Å². The van der Waals surface area contributed by atoms with Gasteiger partial charge in [0.1, 0.15) is 6.53 Å². The van der Waals surface area contributed by atoms with Gasteiger partial charge in [-0.1, -0.05) is 6.92 Å². The summed E-state index contributed by atoms with van der Waals surface area (Å²) < 4.78 is -0.586. The lowest BCUT2D eigenvalue weighted by Gasteiger charge is -2.08. The third-order valence-electron chi connectivity index (χ3n) is 0.713. The van der Waals surface area contributed by atoms with Crippen LogP contribution in [0.5, 0.6) is 0 Å². The molecule has 0 aliphatic rings. The number of rotatable bonds is 2. The van der Waals surface area contributed by atoms with Gasteiger partial charge in [-0.05, 0) is 6.04 Å². The van der Waals surface area contributed by atoms with Crippen molar-refractivity contribution in [2.24, 2.45) is 0 Å². The van der Waals surface area contributed by atoms with E-state index in [2.05, 4.69) is 72.3 Å². The Bertz CT molecular complexity index is 48.9. The first kappa shape index (κ1) is 9.62. The fourth-order valence-corrected chi connectivity index (χ4v) is 5.70. The second-order valence-corrected chi connectivity index (χ2v) is 42.5. The first-order valence-corrected chi connectivity index (χ1v) is 17.9. The summed E-state index contributed by atoms with van der Waals surface area (Å²) in [6, 6.07) is 1.46. The Morgan fingerprint density at radius 2 is 2.00 bits per heavy atom.